The second-order valence-corrected chi connectivity index (χ2v) is 5.27. The Hall–Kier alpha value is -1.45. The van der Waals surface area contributed by atoms with Gasteiger partial charge in [0.15, 0.2) is 0 Å². The summed E-state index contributed by atoms with van der Waals surface area (Å²) < 4.78 is 4.83. The molecule has 4 heteroatoms. The van der Waals surface area contributed by atoms with Crippen LogP contribution in [0.3, 0.4) is 0 Å². The highest BCUT2D eigenvalue weighted by atomic mass is 16.5. The lowest BCUT2D eigenvalue weighted by Gasteiger charge is -2.13. The van der Waals surface area contributed by atoms with Crippen LogP contribution in [0.15, 0.2) is 6.20 Å². The van der Waals surface area contributed by atoms with Crippen LogP contribution in [0.2, 0.25) is 0 Å². The topological polar surface area (TPSA) is 52.1 Å². The van der Waals surface area contributed by atoms with Gasteiger partial charge < -0.3 is 4.74 Å². The molecule has 96 valence electrons. The van der Waals surface area contributed by atoms with Gasteiger partial charge in [-0.2, -0.15) is 0 Å². The Morgan fingerprint density at radius 3 is 2.56 bits per heavy atom. The zero-order valence-electron chi connectivity index (χ0n) is 10.7. The summed E-state index contributed by atoms with van der Waals surface area (Å²) in [5.74, 6) is 1.56. The van der Waals surface area contributed by atoms with Gasteiger partial charge in [0.25, 0.3) is 0 Å². The number of aromatic nitrogens is 2. The number of rotatable bonds is 3. The van der Waals surface area contributed by atoms with Crippen LogP contribution in [0.1, 0.15) is 72.2 Å². The van der Waals surface area contributed by atoms with Crippen molar-refractivity contribution in [1.82, 2.24) is 9.97 Å². The number of nitrogens with zero attached hydrogens (tertiary/aromatic N) is 2. The molecule has 3 rings (SSSR count). The zero-order valence-corrected chi connectivity index (χ0v) is 10.7. The van der Waals surface area contributed by atoms with Gasteiger partial charge in [-0.3, -0.25) is 0 Å². The van der Waals surface area contributed by atoms with Crippen LogP contribution >= 0.6 is 0 Å². The van der Waals surface area contributed by atoms with Gasteiger partial charge in [-0.15, -0.1) is 0 Å². The van der Waals surface area contributed by atoms with E-state index in [-0.39, 0.29) is 5.97 Å². The number of hydrogen-bond donors (Lipinski definition) is 0. The van der Waals surface area contributed by atoms with Gasteiger partial charge in [-0.25, -0.2) is 14.8 Å². The van der Waals surface area contributed by atoms with Crippen LogP contribution < -0.4 is 0 Å². The molecular weight excluding hydrogens is 228 g/mol. The largest absolute Gasteiger partial charge is 0.465 e. The van der Waals surface area contributed by atoms with Gasteiger partial charge in [-0.1, -0.05) is 12.8 Å². The van der Waals surface area contributed by atoms with Crippen molar-refractivity contribution in [2.45, 2.75) is 50.4 Å². The molecular formula is C14H18N2O2. The molecule has 0 unspecified atom stereocenters. The number of hydrogen-bond acceptors (Lipinski definition) is 4. The predicted molar refractivity (Wildman–Crippen MR) is 66.6 cm³/mol. The first-order valence-corrected chi connectivity index (χ1v) is 6.74. The lowest BCUT2D eigenvalue weighted by atomic mass is 9.99. The van der Waals surface area contributed by atoms with Gasteiger partial charge in [-0.05, 0) is 25.7 Å². The number of ether oxygens (including phenoxy) is 1. The van der Waals surface area contributed by atoms with Crippen molar-refractivity contribution in [3.05, 3.63) is 23.3 Å². The Morgan fingerprint density at radius 1 is 1.22 bits per heavy atom. The summed E-state index contributed by atoms with van der Waals surface area (Å²) in [5, 5.41) is 0. The van der Waals surface area contributed by atoms with E-state index in [9.17, 15) is 4.79 Å². The second-order valence-electron chi connectivity index (χ2n) is 5.27. The Morgan fingerprint density at radius 2 is 1.94 bits per heavy atom. The molecule has 4 nitrogen and oxygen atoms in total. The van der Waals surface area contributed by atoms with Crippen LogP contribution in [-0.2, 0) is 4.74 Å². The first kappa shape index (κ1) is 11.6. The molecule has 0 bridgehead atoms. The summed E-state index contributed by atoms with van der Waals surface area (Å²) in [5.41, 5.74) is 1.49. The van der Waals surface area contributed by atoms with Crippen LogP contribution in [0, 0.1) is 0 Å². The molecule has 0 saturated heterocycles. The fourth-order valence-corrected chi connectivity index (χ4v) is 2.73. The van der Waals surface area contributed by atoms with E-state index in [0.717, 1.165) is 24.4 Å². The van der Waals surface area contributed by atoms with Gasteiger partial charge in [0, 0.05) is 18.0 Å². The summed E-state index contributed by atoms with van der Waals surface area (Å²) in [6.45, 7) is 0. The maximum Gasteiger partial charge on any atom is 0.341 e. The van der Waals surface area contributed by atoms with Crippen LogP contribution in [0.25, 0.3) is 0 Å². The van der Waals surface area contributed by atoms with E-state index in [1.165, 1.54) is 32.8 Å². The van der Waals surface area contributed by atoms with E-state index in [4.69, 9.17) is 4.74 Å². The highest BCUT2D eigenvalue weighted by molar-refractivity contribution is 5.90. The fourth-order valence-electron chi connectivity index (χ4n) is 2.73. The van der Waals surface area contributed by atoms with Crippen molar-refractivity contribution >= 4 is 5.97 Å². The van der Waals surface area contributed by atoms with E-state index in [2.05, 4.69) is 9.97 Å². The standard InChI is InChI=1S/C14H18N2O2/c1-18-14(17)11-8-15-13(10-6-7-10)16-12(11)9-4-2-3-5-9/h8-10H,2-7H2,1H3. The minimum absolute atomic E-state index is 0.306. The van der Waals surface area contributed by atoms with Crippen molar-refractivity contribution < 1.29 is 9.53 Å². The predicted octanol–water partition coefficient (Wildman–Crippen LogP) is 2.80. The van der Waals surface area contributed by atoms with E-state index in [1.807, 2.05) is 0 Å². The zero-order chi connectivity index (χ0) is 12.5. The third-order valence-corrected chi connectivity index (χ3v) is 3.93. The summed E-state index contributed by atoms with van der Waals surface area (Å²) in [4.78, 5) is 20.8. The molecule has 0 spiro atoms. The van der Waals surface area contributed by atoms with Crippen molar-refractivity contribution in [3.63, 3.8) is 0 Å². The summed E-state index contributed by atoms with van der Waals surface area (Å²) in [7, 11) is 1.41. The smallest absolute Gasteiger partial charge is 0.341 e. The van der Waals surface area contributed by atoms with Crippen molar-refractivity contribution in [1.29, 1.82) is 0 Å². The molecule has 2 aliphatic rings. The first-order valence-electron chi connectivity index (χ1n) is 6.74. The average Bonchev–Trinajstić information content (AvgIpc) is 3.12. The van der Waals surface area contributed by atoms with Crippen LogP contribution in [0.4, 0.5) is 0 Å². The molecule has 1 heterocycles. The molecule has 1 aromatic rings. The molecule has 2 fully saturated rings. The summed E-state index contributed by atoms with van der Waals surface area (Å²) >= 11 is 0. The molecule has 0 amide bonds. The Balaban J connectivity index is 1.98. The molecule has 0 atom stereocenters. The Bertz CT molecular complexity index is 463. The summed E-state index contributed by atoms with van der Waals surface area (Å²) in [6, 6.07) is 0. The molecule has 0 radical (unpaired) electrons. The van der Waals surface area contributed by atoms with Gasteiger partial charge in [0.2, 0.25) is 0 Å². The lowest BCUT2D eigenvalue weighted by Crippen LogP contribution is -2.12. The highest BCUT2D eigenvalue weighted by Gasteiger charge is 2.30. The van der Waals surface area contributed by atoms with Crippen molar-refractivity contribution in [2.75, 3.05) is 7.11 Å². The Kier molecular flexibility index (Phi) is 3.02. The third kappa shape index (κ3) is 2.11. The SMILES string of the molecule is COC(=O)c1cnc(C2CC2)nc1C1CCCC1. The van der Waals surface area contributed by atoms with E-state index in [1.54, 1.807) is 6.20 Å². The second kappa shape index (κ2) is 4.67. The lowest BCUT2D eigenvalue weighted by molar-refractivity contribution is 0.0597. The number of carbonyl (C=O) groups is 1. The molecule has 18 heavy (non-hydrogen) atoms. The number of methoxy groups -OCH3 is 1. The molecule has 0 aliphatic heterocycles. The van der Waals surface area contributed by atoms with Gasteiger partial charge >= 0.3 is 5.97 Å². The normalized spacial score (nSPS) is 20.1. The maximum absolute atomic E-state index is 11.8. The maximum atomic E-state index is 11.8. The minimum Gasteiger partial charge on any atom is -0.465 e. The number of carbonyl (C=O) groups excluding carboxylic acids is 1. The molecule has 0 N–H and O–H groups in total. The molecule has 0 aromatic carbocycles. The van der Waals surface area contributed by atoms with Crippen molar-refractivity contribution in [2.24, 2.45) is 0 Å². The molecule has 2 saturated carbocycles. The first-order chi connectivity index (χ1) is 8.79. The number of esters is 1. The highest BCUT2D eigenvalue weighted by Crippen LogP contribution is 2.40. The quantitative estimate of drug-likeness (QED) is 0.769. The van der Waals surface area contributed by atoms with Gasteiger partial charge in [0.1, 0.15) is 5.82 Å². The molecule has 2 aliphatic carbocycles. The van der Waals surface area contributed by atoms with Crippen molar-refractivity contribution in [3.8, 4) is 0 Å². The van der Waals surface area contributed by atoms with Crippen LogP contribution in [0.5, 0.6) is 0 Å². The average molecular weight is 246 g/mol. The Labute approximate surface area is 107 Å². The van der Waals surface area contributed by atoms with Gasteiger partial charge in [0.05, 0.1) is 18.4 Å². The third-order valence-electron chi connectivity index (χ3n) is 3.93. The summed E-state index contributed by atoms with van der Waals surface area (Å²) in [6.07, 6.45) is 8.75. The van der Waals surface area contributed by atoms with E-state index in [0.29, 0.717) is 17.4 Å². The van der Waals surface area contributed by atoms with E-state index < -0.39 is 0 Å². The van der Waals surface area contributed by atoms with E-state index >= 15 is 0 Å². The fraction of sp³-hybridized carbons (Fsp3) is 0.643. The monoisotopic (exact) mass is 246 g/mol. The molecule has 1 aromatic heterocycles. The van der Waals surface area contributed by atoms with Crippen LogP contribution in [-0.4, -0.2) is 23.0 Å². The minimum atomic E-state index is -0.306.